The molecule has 0 aliphatic rings. The summed E-state index contributed by atoms with van der Waals surface area (Å²) in [5.41, 5.74) is 16.3. The van der Waals surface area contributed by atoms with Crippen molar-refractivity contribution in [2.75, 3.05) is 0 Å². The number of hydrogen-bond donors (Lipinski definition) is 0. The SMILES string of the molecule is Cc1cc(C)c(B(c2c(C)cc(C)cc2C)c2ccc3ccc4c(-c5ccccc5C)ccc5ccc2c3c54)c(C)c1. The van der Waals surface area contributed by atoms with Gasteiger partial charge in [-0.2, -0.15) is 0 Å². The molecule has 0 aromatic heterocycles. The molecule has 7 aromatic carbocycles. The van der Waals surface area contributed by atoms with Crippen LogP contribution in [0.2, 0.25) is 0 Å². The van der Waals surface area contributed by atoms with Gasteiger partial charge in [0.25, 0.3) is 0 Å². The summed E-state index contributed by atoms with van der Waals surface area (Å²) in [6.07, 6.45) is 0. The van der Waals surface area contributed by atoms with Crippen molar-refractivity contribution in [2.24, 2.45) is 0 Å². The van der Waals surface area contributed by atoms with Crippen molar-refractivity contribution < 1.29 is 0 Å². The lowest BCUT2D eigenvalue weighted by Crippen LogP contribution is -2.56. The lowest BCUT2D eigenvalue weighted by molar-refractivity contribution is 1.34. The average molecular weight is 541 g/mol. The van der Waals surface area contributed by atoms with Crippen LogP contribution in [0.25, 0.3) is 43.4 Å². The fraction of sp³-hybridized carbons (Fsp3) is 0.171. The summed E-state index contributed by atoms with van der Waals surface area (Å²) in [6, 6.07) is 37.0. The summed E-state index contributed by atoms with van der Waals surface area (Å²) in [7, 11) is 0. The maximum absolute atomic E-state index is 2.41. The summed E-state index contributed by atoms with van der Waals surface area (Å²) in [4.78, 5) is 0. The highest BCUT2D eigenvalue weighted by molar-refractivity contribution is 6.98. The highest BCUT2D eigenvalue weighted by atomic mass is 14.2. The van der Waals surface area contributed by atoms with Crippen LogP contribution in [-0.2, 0) is 0 Å². The van der Waals surface area contributed by atoms with Crippen LogP contribution in [0.5, 0.6) is 0 Å². The van der Waals surface area contributed by atoms with Crippen molar-refractivity contribution in [3.05, 3.63) is 136 Å². The minimum Gasteiger partial charge on any atom is -0.0657 e. The summed E-state index contributed by atoms with van der Waals surface area (Å²) in [5, 5.41) is 8.06. The second-order valence-electron chi connectivity index (χ2n) is 12.6. The van der Waals surface area contributed by atoms with Crippen LogP contribution < -0.4 is 16.4 Å². The molecule has 0 unspecified atom stereocenters. The Morgan fingerprint density at radius 1 is 0.405 bits per heavy atom. The molecule has 1 heteroatoms. The molecule has 0 heterocycles. The van der Waals surface area contributed by atoms with Crippen molar-refractivity contribution in [1.82, 2.24) is 0 Å². The maximum Gasteiger partial charge on any atom is 0.243 e. The van der Waals surface area contributed by atoms with Crippen LogP contribution in [0, 0.1) is 48.5 Å². The molecular formula is C41H37B. The average Bonchev–Trinajstić information content (AvgIpc) is 2.94. The van der Waals surface area contributed by atoms with Gasteiger partial charge in [-0.1, -0.05) is 147 Å². The van der Waals surface area contributed by atoms with E-state index in [4.69, 9.17) is 0 Å². The predicted molar refractivity (Wildman–Crippen MR) is 186 cm³/mol. The second-order valence-corrected chi connectivity index (χ2v) is 12.6. The number of hydrogen-bond acceptors (Lipinski definition) is 0. The van der Waals surface area contributed by atoms with Gasteiger partial charge in [-0.3, -0.25) is 0 Å². The van der Waals surface area contributed by atoms with Crippen molar-refractivity contribution >= 4 is 55.4 Å². The monoisotopic (exact) mass is 540 g/mol. The second kappa shape index (κ2) is 9.88. The summed E-state index contributed by atoms with van der Waals surface area (Å²) in [5.74, 6) is 0. The van der Waals surface area contributed by atoms with Crippen LogP contribution in [0.3, 0.4) is 0 Å². The lowest BCUT2D eigenvalue weighted by atomic mass is 9.33. The molecule has 0 spiro atoms. The smallest absolute Gasteiger partial charge is 0.0657 e. The van der Waals surface area contributed by atoms with Gasteiger partial charge in [0.15, 0.2) is 0 Å². The van der Waals surface area contributed by atoms with E-state index in [9.17, 15) is 0 Å². The topological polar surface area (TPSA) is 0 Å². The van der Waals surface area contributed by atoms with Crippen LogP contribution >= 0.6 is 0 Å². The van der Waals surface area contributed by atoms with Gasteiger partial charge in [0.2, 0.25) is 6.71 Å². The Labute approximate surface area is 250 Å². The third-order valence-corrected chi connectivity index (χ3v) is 9.50. The Balaban J connectivity index is 1.60. The molecular weight excluding hydrogens is 503 g/mol. The summed E-state index contributed by atoms with van der Waals surface area (Å²) >= 11 is 0. The number of aryl methyl sites for hydroxylation is 7. The Morgan fingerprint density at radius 3 is 1.45 bits per heavy atom. The molecule has 0 saturated heterocycles. The van der Waals surface area contributed by atoms with Gasteiger partial charge >= 0.3 is 0 Å². The van der Waals surface area contributed by atoms with Crippen molar-refractivity contribution in [2.45, 2.75) is 48.5 Å². The van der Waals surface area contributed by atoms with Gasteiger partial charge in [-0.15, -0.1) is 0 Å². The van der Waals surface area contributed by atoms with E-state index in [1.807, 2.05) is 0 Å². The van der Waals surface area contributed by atoms with Crippen molar-refractivity contribution in [1.29, 1.82) is 0 Å². The van der Waals surface area contributed by atoms with Crippen LogP contribution in [-0.4, -0.2) is 6.71 Å². The third-order valence-electron chi connectivity index (χ3n) is 9.50. The molecule has 42 heavy (non-hydrogen) atoms. The van der Waals surface area contributed by atoms with Gasteiger partial charge in [0, 0.05) is 0 Å². The fourth-order valence-electron chi connectivity index (χ4n) is 7.93. The van der Waals surface area contributed by atoms with E-state index < -0.39 is 0 Å². The summed E-state index contributed by atoms with van der Waals surface area (Å²) in [6.45, 7) is 16.0. The Kier molecular flexibility index (Phi) is 6.24. The lowest BCUT2D eigenvalue weighted by Gasteiger charge is -2.26. The van der Waals surface area contributed by atoms with E-state index in [1.165, 1.54) is 98.8 Å². The zero-order chi connectivity index (χ0) is 29.3. The largest absolute Gasteiger partial charge is 0.243 e. The summed E-state index contributed by atoms with van der Waals surface area (Å²) < 4.78 is 0. The zero-order valence-corrected chi connectivity index (χ0v) is 25.8. The molecule has 0 N–H and O–H groups in total. The first-order valence-corrected chi connectivity index (χ1v) is 15.1. The maximum atomic E-state index is 2.41. The third kappa shape index (κ3) is 4.06. The molecule has 0 atom stereocenters. The molecule has 7 aromatic rings. The molecule has 0 saturated carbocycles. The van der Waals surface area contributed by atoms with Crippen LogP contribution in [0.4, 0.5) is 0 Å². The molecule has 0 bridgehead atoms. The van der Waals surface area contributed by atoms with Crippen LogP contribution in [0.1, 0.15) is 38.9 Å². The highest BCUT2D eigenvalue weighted by Crippen LogP contribution is 2.39. The molecule has 0 aliphatic carbocycles. The Bertz CT molecular complexity index is 2060. The van der Waals surface area contributed by atoms with Gasteiger partial charge in [0.05, 0.1) is 0 Å². The Morgan fingerprint density at radius 2 is 0.881 bits per heavy atom. The highest BCUT2D eigenvalue weighted by Gasteiger charge is 2.30. The van der Waals surface area contributed by atoms with E-state index in [1.54, 1.807) is 0 Å². The Hall–Kier alpha value is -4.36. The molecule has 7 rings (SSSR count). The van der Waals surface area contributed by atoms with Gasteiger partial charge < -0.3 is 0 Å². The number of benzene rings is 7. The molecule has 0 fully saturated rings. The standard InChI is InChI=1S/C41H37B/c1-24-20-27(4)40(28(5)21-24)42(41-29(6)22-25(2)23-30(41)7)37-19-15-32-13-17-35-34(33-11-9-8-10-26(33)3)16-12-31-14-18-36(37)39(32)38(31)35/h8-23H,1-7H3. The van der Waals surface area contributed by atoms with E-state index in [-0.39, 0.29) is 6.71 Å². The predicted octanol–water partition coefficient (Wildman–Crippen LogP) is 8.93. The van der Waals surface area contributed by atoms with E-state index in [0.29, 0.717) is 0 Å². The molecule has 0 nitrogen and oxygen atoms in total. The first-order chi connectivity index (χ1) is 20.2. The zero-order valence-electron chi connectivity index (χ0n) is 25.8. The van der Waals surface area contributed by atoms with E-state index >= 15 is 0 Å². The minimum absolute atomic E-state index is 0.145. The van der Waals surface area contributed by atoms with Crippen LogP contribution in [0.15, 0.2) is 97.1 Å². The molecule has 0 amide bonds. The van der Waals surface area contributed by atoms with Gasteiger partial charge in [0.1, 0.15) is 0 Å². The first-order valence-electron chi connectivity index (χ1n) is 15.1. The van der Waals surface area contributed by atoms with Gasteiger partial charge in [-0.05, 0) is 97.5 Å². The van der Waals surface area contributed by atoms with E-state index in [0.717, 1.165) is 0 Å². The van der Waals surface area contributed by atoms with E-state index in [2.05, 4.69) is 146 Å². The molecule has 0 aliphatic heterocycles. The minimum atomic E-state index is 0.145. The van der Waals surface area contributed by atoms with Crippen molar-refractivity contribution in [3.8, 4) is 11.1 Å². The normalized spacial score (nSPS) is 11.7. The first kappa shape index (κ1) is 26.5. The fourth-order valence-corrected chi connectivity index (χ4v) is 7.93. The molecule has 0 radical (unpaired) electrons. The number of rotatable bonds is 4. The quantitative estimate of drug-likeness (QED) is 0.154. The molecule has 204 valence electrons. The van der Waals surface area contributed by atoms with Gasteiger partial charge in [-0.25, -0.2) is 0 Å². The van der Waals surface area contributed by atoms with Crippen molar-refractivity contribution in [3.63, 3.8) is 0 Å².